The van der Waals surface area contributed by atoms with Crippen molar-refractivity contribution in [2.45, 2.75) is 35.3 Å². The molecule has 152 valence electrons. The zero-order valence-electron chi connectivity index (χ0n) is 14.9. The molecule has 4 rings (SSSR count). The normalized spacial score (nSPS) is 24.2. The molecule has 0 spiro atoms. The molecule has 0 bridgehead atoms. The number of aliphatic hydroxyl groups excluding tert-OH is 3. The van der Waals surface area contributed by atoms with Crippen LogP contribution in [0.15, 0.2) is 41.9 Å². The van der Waals surface area contributed by atoms with Crippen LogP contribution in [0, 0.1) is 10.1 Å². The molecule has 1 aromatic carbocycles. The second-order valence-electron chi connectivity index (χ2n) is 6.44. The highest BCUT2D eigenvalue weighted by Crippen LogP contribution is 2.33. The fourth-order valence-electron chi connectivity index (χ4n) is 3.10. The first-order valence-electron chi connectivity index (χ1n) is 8.65. The fourth-order valence-corrected chi connectivity index (χ4v) is 4.00. The zero-order valence-corrected chi connectivity index (χ0v) is 15.7. The number of nitro benzene ring substituents is 1. The largest absolute Gasteiger partial charge is 0.394 e. The van der Waals surface area contributed by atoms with Gasteiger partial charge in [-0.15, -0.1) is 0 Å². The van der Waals surface area contributed by atoms with Crippen LogP contribution in [-0.4, -0.2) is 64.7 Å². The summed E-state index contributed by atoms with van der Waals surface area (Å²) in [6.07, 6.45) is -1.49. The van der Waals surface area contributed by atoms with Gasteiger partial charge in [0.2, 0.25) is 0 Å². The van der Waals surface area contributed by atoms with E-state index >= 15 is 0 Å². The number of aliphatic hydroxyl groups is 3. The molecule has 0 radical (unpaired) electrons. The van der Waals surface area contributed by atoms with E-state index in [0.717, 1.165) is 5.56 Å². The van der Waals surface area contributed by atoms with Gasteiger partial charge in [0.1, 0.15) is 35.2 Å². The molecule has 4 atom stereocenters. The number of benzene rings is 1. The number of imidazole rings is 1. The lowest BCUT2D eigenvalue weighted by atomic mass is 10.1. The van der Waals surface area contributed by atoms with E-state index in [-0.39, 0.29) is 5.69 Å². The van der Waals surface area contributed by atoms with Crippen molar-refractivity contribution in [1.82, 2.24) is 19.5 Å². The van der Waals surface area contributed by atoms with Crippen molar-refractivity contribution in [1.29, 1.82) is 0 Å². The molecule has 11 nitrogen and oxygen atoms in total. The molecule has 1 fully saturated rings. The third-order valence-electron chi connectivity index (χ3n) is 4.64. The zero-order chi connectivity index (χ0) is 20.5. The van der Waals surface area contributed by atoms with Crippen molar-refractivity contribution < 1.29 is 25.0 Å². The highest BCUT2D eigenvalue weighted by Gasteiger charge is 2.44. The molecule has 2 unspecified atom stereocenters. The van der Waals surface area contributed by atoms with Gasteiger partial charge in [0.15, 0.2) is 11.9 Å². The number of thioether (sulfide) groups is 1. The Kier molecular flexibility index (Phi) is 5.43. The van der Waals surface area contributed by atoms with Crippen LogP contribution in [0.25, 0.3) is 11.2 Å². The summed E-state index contributed by atoms with van der Waals surface area (Å²) in [5.41, 5.74) is 1.83. The van der Waals surface area contributed by atoms with E-state index in [1.807, 2.05) is 0 Å². The molecule has 0 saturated carbocycles. The number of hydrogen-bond acceptors (Lipinski definition) is 10. The van der Waals surface area contributed by atoms with Crippen LogP contribution >= 0.6 is 11.8 Å². The Morgan fingerprint density at radius 1 is 1.17 bits per heavy atom. The lowest BCUT2D eigenvalue weighted by molar-refractivity contribution is -0.384. The molecule has 3 N–H and O–H groups in total. The maximum Gasteiger partial charge on any atom is 0.269 e. The average molecular weight is 419 g/mol. The summed E-state index contributed by atoms with van der Waals surface area (Å²) < 4.78 is 7.03. The minimum absolute atomic E-state index is 0.0282. The second kappa shape index (κ2) is 8.00. The number of fused-ring (bicyclic) bond motifs is 1. The van der Waals surface area contributed by atoms with E-state index in [4.69, 9.17) is 4.74 Å². The van der Waals surface area contributed by atoms with Crippen molar-refractivity contribution in [3.05, 3.63) is 52.6 Å². The van der Waals surface area contributed by atoms with Crippen LogP contribution in [0.3, 0.4) is 0 Å². The monoisotopic (exact) mass is 419 g/mol. The summed E-state index contributed by atoms with van der Waals surface area (Å²) in [6.45, 7) is -0.424. The van der Waals surface area contributed by atoms with Crippen LogP contribution < -0.4 is 0 Å². The Morgan fingerprint density at radius 2 is 1.93 bits per heavy atom. The molecule has 2 aromatic heterocycles. The molecule has 29 heavy (non-hydrogen) atoms. The maximum atomic E-state index is 10.7. The van der Waals surface area contributed by atoms with E-state index in [0.29, 0.717) is 21.9 Å². The molecule has 1 saturated heterocycles. The van der Waals surface area contributed by atoms with Crippen LogP contribution in [-0.2, 0) is 10.5 Å². The van der Waals surface area contributed by atoms with Crippen molar-refractivity contribution in [3.8, 4) is 0 Å². The summed E-state index contributed by atoms with van der Waals surface area (Å²) in [5, 5.41) is 40.8. The SMILES string of the molecule is O=[N+]([O-])c1ccc(CSc2ncnc3c2ncn3[C@@H]2O[C@H](CO)C(O)C2O)cc1. The molecule has 3 aromatic rings. The fraction of sp³-hybridized carbons (Fsp3) is 0.353. The molecule has 0 aliphatic carbocycles. The van der Waals surface area contributed by atoms with Gasteiger partial charge in [-0.25, -0.2) is 15.0 Å². The van der Waals surface area contributed by atoms with Crippen molar-refractivity contribution in [3.63, 3.8) is 0 Å². The number of nitrogens with zero attached hydrogens (tertiary/aromatic N) is 5. The Morgan fingerprint density at radius 3 is 2.59 bits per heavy atom. The van der Waals surface area contributed by atoms with Gasteiger partial charge in [-0.2, -0.15) is 0 Å². The quantitative estimate of drug-likeness (QED) is 0.224. The number of rotatable bonds is 6. The number of non-ortho nitro benzene ring substituents is 1. The Balaban J connectivity index is 1.55. The van der Waals surface area contributed by atoms with Crippen molar-refractivity contribution in [2.24, 2.45) is 0 Å². The van der Waals surface area contributed by atoms with Gasteiger partial charge in [0.05, 0.1) is 17.9 Å². The van der Waals surface area contributed by atoms with Crippen LogP contribution in [0.2, 0.25) is 0 Å². The molecule has 1 aliphatic rings. The Bertz CT molecular complexity index is 1030. The van der Waals surface area contributed by atoms with Crippen LogP contribution in [0.5, 0.6) is 0 Å². The standard InChI is InChI=1S/C17H17N5O6S/c23-5-11-13(24)14(25)17(28-11)21-8-20-12-15(21)18-7-19-16(12)29-6-9-1-3-10(4-2-9)22(26)27/h1-4,7-8,11,13-14,17,23-25H,5-6H2/t11-,13?,14?,17-/m1/s1. The first kappa shape index (κ1) is 19.7. The highest BCUT2D eigenvalue weighted by atomic mass is 32.2. The minimum atomic E-state index is -1.24. The molecular formula is C17H17N5O6S. The second-order valence-corrected chi connectivity index (χ2v) is 7.41. The summed E-state index contributed by atoms with van der Waals surface area (Å²) in [7, 11) is 0. The van der Waals surface area contributed by atoms with Gasteiger partial charge in [-0.1, -0.05) is 23.9 Å². The van der Waals surface area contributed by atoms with Gasteiger partial charge in [-0.3, -0.25) is 14.7 Å². The predicted molar refractivity (Wildman–Crippen MR) is 101 cm³/mol. The van der Waals surface area contributed by atoms with E-state index in [2.05, 4.69) is 15.0 Å². The summed E-state index contributed by atoms with van der Waals surface area (Å²) in [6, 6.07) is 6.26. The molecular weight excluding hydrogens is 402 g/mol. The Labute approximate surface area is 168 Å². The van der Waals surface area contributed by atoms with Crippen LogP contribution in [0.4, 0.5) is 5.69 Å². The predicted octanol–water partition coefficient (Wildman–Crippen LogP) is 0.638. The minimum Gasteiger partial charge on any atom is -0.394 e. The Hall–Kier alpha value is -2.64. The third kappa shape index (κ3) is 3.68. The van der Waals surface area contributed by atoms with E-state index in [1.54, 1.807) is 12.1 Å². The van der Waals surface area contributed by atoms with E-state index < -0.39 is 36.1 Å². The van der Waals surface area contributed by atoms with Crippen LogP contribution in [0.1, 0.15) is 11.8 Å². The lowest BCUT2D eigenvalue weighted by Gasteiger charge is -2.16. The third-order valence-corrected chi connectivity index (χ3v) is 5.69. The van der Waals surface area contributed by atoms with Gasteiger partial charge in [-0.05, 0) is 5.56 Å². The number of nitro groups is 1. The smallest absolute Gasteiger partial charge is 0.269 e. The topological polar surface area (TPSA) is 157 Å². The summed E-state index contributed by atoms with van der Waals surface area (Å²) in [5.74, 6) is 0.519. The molecule has 0 amide bonds. The number of hydrogen-bond donors (Lipinski definition) is 3. The molecule has 3 heterocycles. The first-order chi connectivity index (χ1) is 14.0. The maximum absolute atomic E-state index is 10.7. The highest BCUT2D eigenvalue weighted by molar-refractivity contribution is 7.98. The van der Waals surface area contributed by atoms with Gasteiger partial charge < -0.3 is 20.1 Å². The first-order valence-corrected chi connectivity index (χ1v) is 9.64. The number of aromatic nitrogens is 4. The molecule has 12 heteroatoms. The molecule has 1 aliphatic heterocycles. The van der Waals surface area contributed by atoms with Gasteiger partial charge >= 0.3 is 0 Å². The average Bonchev–Trinajstić information content (AvgIpc) is 3.28. The van der Waals surface area contributed by atoms with Gasteiger partial charge in [0.25, 0.3) is 5.69 Å². The van der Waals surface area contributed by atoms with Gasteiger partial charge in [0, 0.05) is 17.9 Å². The summed E-state index contributed by atoms with van der Waals surface area (Å²) in [4.78, 5) is 23.1. The van der Waals surface area contributed by atoms with Crippen molar-refractivity contribution >= 4 is 28.6 Å². The van der Waals surface area contributed by atoms with Crippen molar-refractivity contribution in [2.75, 3.05) is 6.61 Å². The number of ether oxygens (including phenoxy) is 1. The lowest BCUT2D eigenvalue weighted by Crippen LogP contribution is -2.33. The van der Waals surface area contributed by atoms with E-state index in [1.165, 1.54) is 41.1 Å². The van der Waals surface area contributed by atoms with E-state index in [9.17, 15) is 25.4 Å². The summed E-state index contributed by atoms with van der Waals surface area (Å²) >= 11 is 1.39.